The molecule has 0 unspecified atom stereocenters. The van der Waals surface area contributed by atoms with Crippen LogP contribution in [0.15, 0.2) is 170 Å². The number of ether oxygens (including phenoxy) is 1. The number of benzene rings is 8. The fourth-order valence-electron chi connectivity index (χ4n) is 9.74. The zero-order valence-corrected chi connectivity index (χ0v) is 38.0. The van der Waals surface area contributed by atoms with Crippen LogP contribution in [-0.2, 0) is 26.5 Å². The summed E-state index contributed by atoms with van der Waals surface area (Å²) in [5, 5.41) is 0. The van der Waals surface area contributed by atoms with Gasteiger partial charge in [0.25, 0.3) is 0 Å². The zero-order chi connectivity index (χ0) is 42.1. The van der Waals surface area contributed by atoms with Gasteiger partial charge in [0.05, 0.1) is 28.2 Å². The van der Waals surface area contributed by atoms with Crippen molar-refractivity contribution < 1.29 is 25.8 Å². The molecule has 0 bridgehead atoms. The van der Waals surface area contributed by atoms with Gasteiger partial charge in [-0.05, 0) is 92.1 Å². The second-order valence-electron chi connectivity index (χ2n) is 16.8. The van der Waals surface area contributed by atoms with Crippen LogP contribution in [0.5, 0.6) is 11.5 Å². The third-order valence-corrected chi connectivity index (χ3v) is 12.3. The number of nitrogens with zero attached hydrogens (tertiary/aromatic N) is 5. The van der Waals surface area contributed by atoms with Gasteiger partial charge in [-0.25, -0.2) is 0 Å². The Hall–Kier alpha value is -6.88. The second kappa shape index (κ2) is 15.8. The van der Waals surface area contributed by atoms with E-state index in [1.54, 1.807) is 0 Å². The van der Waals surface area contributed by atoms with Crippen LogP contribution in [0, 0.1) is 39.6 Å². The van der Waals surface area contributed by atoms with Gasteiger partial charge in [0.2, 0.25) is 0 Å². The molecule has 8 aromatic carbocycles. The van der Waals surface area contributed by atoms with E-state index in [4.69, 9.17) is 9.72 Å². The smallest absolute Gasteiger partial charge is 0.0774 e. The van der Waals surface area contributed by atoms with Crippen LogP contribution < -0.4 is 19.4 Å². The quantitative estimate of drug-likeness (QED) is 0.149. The summed E-state index contributed by atoms with van der Waals surface area (Å²) in [6.07, 6.45) is 0. The molecule has 2 aliphatic heterocycles. The van der Waals surface area contributed by atoms with Crippen molar-refractivity contribution in [3.05, 3.63) is 216 Å². The Bertz CT molecular complexity index is 3170. The first-order valence-electron chi connectivity index (χ1n) is 21.1. The Labute approximate surface area is 383 Å². The van der Waals surface area contributed by atoms with Crippen molar-refractivity contribution in [1.82, 2.24) is 9.55 Å². The molecule has 9 aromatic rings. The summed E-state index contributed by atoms with van der Waals surface area (Å²) in [6, 6.07) is 66.6. The molecule has 0 radical (unpaired) electrons. The summed E-state index contributed by atoms with van der Waals surface area (Å²) < 4.78 is 8.93. The van der Waals surface area contributed by atoms with Gasteiger partial charge < -0.3 is 24.0 Å². The Morgan fingerprint density at radius 1 is 0.571 bits per heavy atom. The van der Waals surface area contributed by atoms with Crippen LogP contribution in [0.2, 0.25) is 0 Å². The first-order valence-corrected chi connectivity index (χ1v) is 21.1. The molecule has 3 heterocycles. The van der Waals surface area contributed by atoms with Crippen LogP contribution >= 0.6 is 0 Å². The minimum Gasteiger partial charge on any atom is -0.503 e. The maximum absolute atomic E-state index is 6.63. The Morgan fingerprint density at radius 2 is 1.17 bits per heavy atom. The van der Waals surface area contributed by atoms with Crippen molar-refractivity contribution in [1.29, 1.82) is 0 Å². The molecule has 312 valence electrons. The summed E-state index contributed by atoms with van der Waals surface area (Å²) in [5.41, 5.74) is 17.4. The van der Waals surface area contributed by atoms with Gasteiger partial charge in [0.15, 0.2) is 0 Å². The van der Waals surface area contributed by atoms with E-state index < -0.39 is 0 Å². The van der Waals surface area contributed by atoms with E-state index in [-0.39, 0.29) is 26.5 Å². The predicted molar refractivity (Wildman–Crippen MR) is 253 cm³/mol. The first kappa shape index (κ1) is 40.2. The van der Waals surface area contributed by atoms with Crippen molar-refractivity contribution >= 4 is 50.8 Å². The summed E-state index contributed by atoms with van der Waals surface area (Å²) in [4.78, 5) is 12.2. The summed E-state index contributed by atoms with van der Waals surface area (Å²) in [6.45, 7) is 13.3. The molecule has 7 heteroatoms. The number of rotatable bonds is 7. The van der Waals surface area contributed by atoms with E-state index in [9.17, 15) is 0 Å². The summed E-state index contributed by atoms with van der Waals surface area (Å²) >= 11 is 0. The summed E-state index contributed by atoms with van der Waals surface area (Å²) in [5.74, 6) is 1.95. The van der Waals surface area contributed by atoms with Crippen LogP contribution in [0.4, 0.5) is 39.8 Å². The number of fused-ring (bicyclic) bond motifs is 4. The van der Waals surface area contributed by atoms with Crippen LogP contribution in [0.25, 0.3) is 28.1 Å². The van der Waals surface area contributed by atoms with Gasteiger partial charge in [0, 0.05) is 72.0 Å². The molecule has 0 fully saturated rings. The number of para-hydroxylation sites is 6. The fourth-order valence-corrected chi connectivity index (χ4v) is 9.74. The van der Waals surface area contributed by atoms with Gasteiger partial charge in [0.1, 0.15) is 0 Å². The van der Waals surface area contributed by atoms with E-state index in [0.717, 1.165) is 56.5 Å². The van der Waals surface area contributed by atoms with E-state index in [2.05, 4.69) is 212 Å². The molecule has 0 saturated heterocycles. The molecule has 2 aliphatic rings. The third-order valence-electron chi connectivity index (χ3n) is 12.3. The monoisotopic (exact) mass is 997 g/mol. The molecule has 0 spiro atoms. The molecule has 0 atom stereocenters. The maximum Gasteiger partial charge on any atom is 0.0774 e. The molecule has 0 aliphatic carbocycles. The van der Waals surface area contributed by atoms with Gasteiger partial charge in [-0.3, -0.25) is 4.98 Å². The molecule has 6 nitrogen and oxygen atoms in total. The average Bonchev–Trinajstić information content (AvgIpc) is 3.86. The molecule has 0 saturated carbocycles. The van der Waals surface area contributed by atoms with Crippen molar-refractivity contribution in [3.63, 3.8) is 0 Å². The maximum atomic E-state index is 6.63. The Morgan fingerprint density at radius 3 is 1.95 bits per heavy atom. The van der Waals surface area contributed by atoms with E-state index in [0.29, 0.717) is 11.5 Å². The zero-order valence-electron chi connectivity index (χ0n) is 35.7. The molecule has 0 N–H and O–H groups in total. The number of anilines is 7. The number of aromatic nitrogens is 2. The molecular weight excluding hydrogens is 954 g/mol. The Balaban J connectivity index is 0.00000471. The standard InChI is InChI=1S/C56H44N5O.Pt/c1-37-32-38(2)54(39(3)33-37)59-36-58(49-28-13-14-29-50(49)59)42-21-16-23-44(35-42)62-43-22-15-18-40(34-43)55-57-46-25-10-12-27-48(46)61(55)52-31-17-30-51-53(52)56(4,5)45-24-9-11-26-47(45)60(51)41-19-7-6-8-20-41;/h6-33,36H,1-5H3;/q-3;. The number of hydrogen-bond donors (Lipinski definition) is 0. The van der Waals surface area contributed by atoms with Crippen molar-refractivity contribution in [2.24, 2.45) is 0 Å². The van der Waals surface area contributed by atoms with Crippen LogP contribution in [0.1, 0.15) is 41.7 Å². The predicted octanol–water partition coefficient (Wildman–Crippen LogP) is 14.5. The fraction of sp³-hybridized carbons (Fsp3) is 0.107. The number of imidazole rings is 1. The Kier molecular flexibility index (Phi) is 10.1. The molecule has 11 rings (SSSR count). The first-order chi connectivity index (χ1) is 30.2. The molecule has 0 amide bonds. The second-order valence-corrected chi connectivity index (χ2v) is 16.8. The minimum absolute atomic E-state index is 0. The van der Waals surface area contributed by atoms with Crippen LogP contribution in [-0.4, -0.2) is 9.55 Å². The van der Waals surface area contributed by atoms with E-state index in [1.165, 1.54) is 39.2 Å². The largest absolute Gasteiger partial charge is 0.503 e. The average molecular weight is 998 g/mol. The third kappa shape index (κ3) is 6.72. The van der Waals surface area contributed by atoms with Gasteiger partial charge in [-0.1, -0.05) is 104 Å². The van der Waals surface area contributed by atoms with E-state index >= 15 is 0 Å². The molecular formula is C56H44N5OPt-3. The van der Waals surface area contributed by atoms with Crippen LogP contribution in [0.3, 0.4) is 0 Å². The van der Waals surface area contributed by atoms with Crippen molar-refractivity contribution in [2.45, 2.75) is 40.0 Å². The summed E-state index contributed by atoms with van der Waals surface area (Å²) in [7, 11) is 0. The van der Waals surface area contributed by atoms with Gasteiger partial charge in [-0.2, -0.15) is 6.07 Å². The normalized spacial score (nSPS) is 13.6. The van der Waals surface area contributed by atoms with E-state index in [1.807, 2.05) is 30.3 Å². The SMILES string of the molecule is Cc1cc(C)c(N2[CH-]N(c3[c-]c(Oc4[c-]c(-c5nc6ccccc6n5-c5cccc6c5C(C)(C)c5ccccc5N6c5ccccc5)ccc4)ccc3)c3ccccc32)c(C)c1.[Pt]. The molecule has 63 heavy (non-hydrogen) atoms. The number of aryl methyl sites for hydroxylation is 3. The number of hydrogen-bond acceptors (Lipinski definition) is 5. The van der Waals surface area contributed by atoms with Crippen molar-refractivity contribution in [3.8, 4) is 28.6 Å². The topological polar surface area (TPSA) is 36.8 Å². The van der Waals surface area contributed by atoms with Gasteiger partial charge in [-0.15, -0.1) is 54.3 Å². The minimum atomic E-state index is -0.339. The molecule has 1 aromatic heterocycles. The van der Waals surface area contributed by atoms with Crippen molar-refractivity contribution in [2.75, 3.05) is 14.7 Å². The van der Waals surface area contributed by atoms with Gasteiger partial charge >= 0.3 is 0 Å².